The molecule has 0 spiro atoms. The number of thiophene rings is 1. The molecule has 5 heteroatoms. The lowest BCUT2D eigenvalue weighted by Gasteiger charge is -2.20. The van der Waals surface area contributed by atoms with E-state index in [2.05, 4.69) is 38.8 Å². The number of amides is 1. The first-order chi connectivity index (χ1) is 8.61. The predicted octanol–water partition coefficient (Wildman–Crippen LogP) is 4.93. The van der Waals surface area contributed by atoms with E-state index < -0.39 is 0 Å². The van der Waals surface area contributed by atoms with Gasteiger partial charge >= 0.3 is 0 Å². The van der Waals surface area contributed by atoms with Crippen molar-refractivity contribution in [2.75, 3.05) is 13.1 Å². The standard InChI is InChI=1S/C13H17Br2NOS/c1-2-9-4-3-6-16(7-5-9)13(17)10-8-11(14)18-12(10)15/h8-9H,2-7H2,1H3. The van der Waals surface area contributed by atoms with E-state index in [0.29, 0.717) is 0 Å². The third-order valence-corrected chi connectivity index (χ3v) is 5.94. The van der Waals surface area contributed by atoms with E-state index in [1.54, 1.807) is 11.3 Å². The van der Waals surface area contributed by atoms with Gasteiger partial charge in [-0.1, -0.05) is 13.3 Å². The summed E-state index contributed by atoms with van der Waals surface area (Å²) in [6.07, 6.45) is 4.77. The predicted molar refractivity (Wildman–Crippen MR) is 83.3 cm³/mol. The molecule has 1 amide bonds. The number of carbonyl (C=O) groups excluding carboxylic acids is 1. The number of hydrogen-bond donors (Lipinski definition) is 0. The van der Waals surface area contributed by atoms with Crippen molar-refractivity contribution in [3.63, 3.8) is 0 Å². The third kappa shape index (κ3) is 3.36. The Hall–Kier alpha value is 0.130. The van der Waals surface area contributed by atoms with Gasteiger partial charge in [-0.15, -0.1) is 11.3 Å². The first kappa shape index (κ1) is 14.5. The van der Waals surface area contributed by atoms with Crippen molar-refractivity contribution in [3.8, 4) is 0 Å². The van der Waals surface area contributed by atoms with Gasteiger partial charge < -0.3 is 4.90 Å². The lowest BCUT2D eigenvalue weighted by molar-refractivity contribution is 0.0759. The minimum atomic E-state index is 0.167. The molecule has 2 heterocycles. The van der Waals surface area contributed by atoms with Crippen LogP contribution in [0.25, 0.3) is 0 Å². The Morgan fingerprint density at radius 1 is 1.44 bits per heavy atom. The second-order valence-corrected chi connectivity index (χ2v) is 8.48. The number of likely N-dealkylation sites (tertiary alicyclic amines) is 1. The second-order valence-electron chi connectivity index (χ2n) is 4.74. The highest BCUT2D eigenvalue weighted by Gasteiger charge is 2.23. The minimum Gasteiger partial charge on any atom is -0.339 e. The quantitative estimate of drug-likeness (QED) is 0.696. The smallest absolute Gasteiger partial charge is 0.255 e. The molecule has 1 unspecified atom stereocenters. The zero-order valence-corrected chi connectivity index (χ0v) is 14.4. The van der Waals surface area contributed by atoms with Crippen molar-refractivity contribution < 1.29 is 4.79 Å². The Labute approximate surface area is 129 Å². The summed E-state index contributed by atoms with van der Waals surface area (Å²) in [5.41, 5.74) is 0.793. The number of rotatable bonds is 2. The first-order valence-electron chi connectivity index (χ1n) is 6.36. The first-order valence-corrected chi connectivity index (χ1v) is 8.76. The largest absolute Gasteiger partial charge is 0.339 e. The molecule has 0 saturated carbocycles. The molecule has 0 bridgehead atoms. The molecule has 1 fully saturated rings. The molecule has 1 aliphatic heterocycles. The molecule has 0 aromatic carbocycles. The number of halogens is 2. The highest BCUT2D eigenvalue weighted by Crippen LogP contribution is 2.33. The molecule has 2 nitrogen and oxygen atoms in total. The molecule has 1 saturated heterocycles. The van der Waals surface area contributed by atoms with Crippen molar-refractivity contribution in [1.82, 2.24) is 4.90 Å². The molecule has 1 aromatic rings. The van der Waals surface area contributed by atoms with Crippen LogP contribution in [-0.4, -0.2) is 23.9 Å². The van der Waals surface area contributed by atoms with Crippen molar-refractivity contribution >= 4 is 49.1 Å². The summed E-state index contributed by atoms with van der Waals surface area (Å²) in [7, 11) is 0. The van der Waals surface area contributed by atoms with Crippen LogP contribution in [0, 0.1) is 5.92 Å². The van der Waals surface area contributed by atoms with Crippen LogP contribution in [0.1, 0.15) is 43.0 Å². The maximum Gasteiger partial charge on any atom is 0.255 e. The number of nitrogens with zero attached hydrogens (tertiary/aromatic N) is 1. The molecule has 2 rings (SSSR count). The lowest BCUT2D eigenvalue weighted by atomic mass is 9.98. The van der Waals surface area contributed by atoms with Crippen molar-refractivity contribution in [1.29, 1.82) is 0 Å². The molecule has 18 heavy (non-hydrogen) atoms. The van der Waals surface area contributed by atoms with Crippen LogP contribution in [-0.2, 0) is 0 Å². The average Bonchev–Trinajstić information content (AvgIpc) is 2.56. The van der Waals surface area contributed by atoms with Crippen LogP contribution in [0.15, 0.2) is 13.6 Å². The van der Waals surface area contributed by atoms with E-state index in [0.717, 1.165) is 45.0 Å². The Morgan fingerprint density at radius 3 is 2.83 bits per heavy atom. The fourth-order valence-electron chi connectivity index (χ4n) is 2.43. The van der Waals surface area contributed by atoms with E-state index in [-0.39, 0.29) is 5.91 Å². The van der Waals surface area contributed by atoms with Crippen LogP contribution in [0.2, 0.25) is 0 Å². The summed E-state index contributed by atoms with van der Waals surface area (Å²) in [4.78, 5) is 14.5. The molecular formula is C13H17Br2NOS. The van der Waals surface area contributed by atoms with Gasteiger partial charge in [0.1, 0.15) is 0 Å². The maximum absolute atomic E-state index is 12.5. The fraction of sp³-hybridized carbons (Fsp3) is 0.615. The van der Waals surface area contributed by atoms with Gasteiger partial charge in [0.05, 0.1) is 13.1 Å². The van der Waals surface area contributed by atoms with Gasteiger partial charge in [-0.2, -0.15) is 0 Å². The van der Waals surface area contributed by atoms with Crippen LogP contribution < -0.4 is 0 Å². The topological polar surface area (TPSA) is 20.3 Å². The Kier molecular flexibility index (Phi) is 5.27. The van der Waals surface area contributed by atoms with E-state index in [4.69, 9.17) is 0 Å². The number of carbonyl (C=O) groups is 1. The summed E-state index contributed by atoms with van der Waals surface area (Å²) >= 11 is 8.46. The Morgan fingerprint density at radius 2 is 2.22 bits per heavy atom. The van der Waals surface area contributed by atoms with Gasteiger partial charge in [-0.3, -0.25) is 4.79 Å². The number of hydrogen-bond acceptors (Lipinski definition) is 2. The molecule has 1 aromatic heterocycles. The average molecular weight is 395 g/mol. The van der Waals surface area contributed by atoms with E-state index in [1.165, 1.54) is 12.8 Å². The Balaban J connectivity index is 2.07. The van der Waals surface area contributed by atoms with Crippen LogP contribution in [0.4, 0.5) is 0 Å². The maximum atomic E-state index is 12.5. The summed E-state index contributed by atoms with van der Waals surface area (Å²) in [6, 6.07) is 1.92. The molecule has 0 N–H and O–H groups in total. The summed E-state index contributed by atoms with van der Waals surface area (Å²) in [5.74, 6) is 0.959. The minimum absolute atomic E-state index is 0.167. The van der Waals surface area contributed by atoms with Crippen LogP contribution in [0.3, 0.4) is 0 Å². The summed E-state index contributed by atoms with van der Waals surface area (Å²) in [6.45, 7) is 4.04. The van der Waals surface area contributed by atoms with Crippen molar-refractivity contribution in [2.24, 2.45) is 5.92 Å². The van der Waals surface area contributed by atoms with Crippen LogP contribution in [0.5, 0.6) is 0 Å². The van der Waals surface area contributed by atoms with E-state index in [1.807, 2.05) is 11.0 Å². The van der Waals surface area contributed by atoms with Crippen molar-refractivity contribution in [2.45, 2.75) is 32.6 Å². The Bertz CT molecular complexity index is 433. The zero-order valence-electron chi connectivity index (χ0n) is 10.4. The highest BCUT2D eigenvalue weighted by atomic mass is 79.9. The second kappa shape index (κ2) is 6.53. The highest BCUT2D eigenvalue weighted by molar-refractivity contribution is 9.12. The van der Waals surface area contributed by atoms with Gasteiger partial charge in [0.15, 0.2) is 0 Å². The van der Waals surface area contributed by atoms with Crippen LogP contribution >= 0.6 is 43.2 Å². The fourth-order valence-corrected chi connectivity index (χ4v) is 5.21. The van der Waals surface area contributed by atoms with Gasteiger partial charge in [0.2, 0.25) is 0 Å². The van der Waals surface area contributed by atoms with Gasteiger partial charge in [0.25, 0.3) is 5.91 Å². The van der Waals surface area contributed by atoms with Gasteiger partial charge in [-0.05, 0) is 63.1 Å². The molecule has 0 radical (unpaired) electrons. The third-order valence-electron chi connectivity index (χ3n) is 3.60. The van der Waals surface area contributed by atoms with Gasteiger partial charge in [-0.25, -0.2) is 0 Å². The van der Waals surface area contributed by atoms with E-state index >= 15 is 0 Å². The summed E-state index contributed by atoms with van der Waals surface area (Å²) < 4.78 is 1.93. The SMILES string of the molecule is CCC1CCCN(C(=O)c2cc(Br)sc2Br)CC1. The van der Waals surface area contributed by atoms with E-state index in [9.17, 15) is 4.79 Å². The molecule has 1 aliphatic rings. The lowest BCUT2D eigenvalue weighted by Crippen LogP contribution is -2.31. The molecule has 1 atom stereocenters. The van der Waals surface area contributed by atoms with Gasteiger partial charge in [0, 0.05) is 13.1 Å². The summed E-state index contributed by atoms with van der Waals surface area (Å²) in [5, 5.41) is 0. The van der Waals surface area contributed by atoms with Crippen molar-refractivity contribution in [3.05, 3.63) is 19.2 Å². The zero-order chi connectivity index (χ0) is 13.1. The molecule has 100 valence electrons. The monoisotopic (exact) mass is 393 g/mol. The molecule has 0 aliphatic carbocycles. The normalized spacial score (nSPS) is 20.8. The molecular weight excluding hydrogens is 378 g/mol.